The number of nitrogens with two attached hydrogens (primary N) is 1. The van der Waals surface area contributed by atoms with Crippen molar-refractivity contribution in [1.29, 1.82) is 0 Å². The van der Waals surface area contributed by atoms with Gasteiger partial charge in [0.2, 0.25) is 5.95 Å². The van der Waals surface area contributed by atoms with Crippen molar-refractivity contribution in [3.05, 3.63) is 59.1 Å². The third-order valence-corrected chi connectivity index (χ3v) is 3.16. The fourth-order valence-electron chi connectivity index (χ4n) is 2.05. The zero-order chi connectivity index (χ0) is 12.5. The summed E-state index contributed by atoms with van der Waals surface area (Å²) in [5, 5.41) is 0.673. The van der Waals surface area contributed by atoms with Crippen LogP contribution in [0, 0.1) is 0 Å². The summed E-state index contributed by atoms with van der Waals surface area (Å²) in [6.07, 6.45) is 0. The zero-order valence-electron chi connectivity index (χ0n) is 9.68. The van der Waals surface area contributed by atoms with E-state index in [9.17, 15) is 0 Å². The summed E-state index contributed by atoms with van der Waals surface area (Å²) in [6.45, 7) is 0.713. The number of fused-ring (bicyclic) bond motifs is 1. The molecule has 0 amide bonds. The summed E-state index contributed by atoms with van der Waals surface area (Å²) < 4.78 is 1.99. The molecule has 3 rings (SSSR count). The maximum absolute atomic E-state index is 5.96. The lowest BCUT2D eigenvalue weighted by Gasteiger charge is -2.06. The molecule has 0 radical (unpaired) electrons. The Labute approximate surface area is 110 Å². The van der Waals surface area contributed by atoms with Crippen LogP contribution < -0.4 is 5.73 Å². The van der Waals surface area contributed by atoms with Crippen molar-refractivity contribution in [2.24, 2.45) is 0 Å². The van der Waals surface area contributed by atoms with Crippen LogP contribution in [0.25, 0.3) is 11.0 Å². The van der Waals surface area contributed by atoms with Gasteiger partial charge < -0.3 is 10.3 Å². The molecule has 1 aromatic heterocycles. The van der Waals surface area contributed by atoms with Crippen LogP contribution in [0.3, 0.4) is 0 Å². The van der Waals surface area contributed by atoms with Crippen LogP contribution in [0.4, 0.5) is 5.95 Å². The van der Waals surface area contributed by atoms with E-state index in [1.54, 1.807) is 0 Å². The molecule has 1 heterocycles. The number of hydrogen-bond donors (Lipinski definition) is 1. The van der Waals surface area contributed by atoms with Gasteiger partial charge in [0.15, 0.2) is 0 Å². The van der Waals surface area contributed by atoms with Gasteiger partial charge >= 0.3 is 0 Å². The van der Waals surface area contributed by atoms with Gasteiger partial charge in [0.25, 0.3) is 0 Å². The SMILES string of the molecule is Nc1nc2cc(Cl)ccc2n1Cc1ccccc1. The highest BCUT2D eigenvalue weighted by Crippen LogP contribution is 2.22. The van der Waals surface area contributed by atoms with E-state index in [-0.39, 0.29) is 0 Å². The van der Waals surface area contributed by atoms with Gasteiger partial charge in [-0.3, -0.25) is 0 Å². The first-order valence-corrected chi connectivity index (χ1v) is 6.07. The molecule has 0 unspecified atom stereocenters. The molecule has 0 fully saturated rings. The largest absolute Gasteiger partial charge is 0.369 e. The van der Waals surface area contributed by atoms with E-state index < -0.39 is 0 Å². The molecule has 0 saturated heterocycles. The molecule has 0 bridgehead atoms. The van der Waals surface area contributed by atoms with Crippen LogP contribution in [0.1, 0.15) is 5.56 Å². The monoisotopic (exact) mass is 257 g/mol. The van der Waals surface area contributed by atoms with Gasteiger partial charge in [-0.15, -0.1) is 0 Å². The predicted molar refractivity (Wildman–Crippen MR) is 74.7 cm³/mol. The van der Waals surface area contributed by atoms with E-state index in [1.165, 1.54) is 5.56 Å². The lowest BCUT2D eigenvalue weighted by molar-refractivity contribution is 0.838. The maximum Gasteiger partial charge on any atom is 0.201 e. The van der Waals surface area contributed by atoms with Gasteiger partial charge in [-0.2, -0.15) is 0 Å². The molecule has 3 aromatic rings. The zero-order valence-corrected chi connectivity index (χ0v) is 10.4. The van der Waals surface area contributed by atoms with Gasteiger partial charge in [0.05, 0.1) is 17.6 Å². The minimum absolute atomic E-state index is 0.510. The van der Waals surface area contributed by atoms with Crippen molar-refractivity contribution >= 4 is 28.6 Å². The lowest BCUT2D eigenvalue weighted by atomic mass is 10.2. The Morgan fingerprint density at radius 2 is 1.89 bits per heavy atom. The van der Waals surface area contributed by atoms with E-state index in [0.29, 0.717) is 17.5 Å². The molecule has 0 saturated carbocycles. The third kappa shape index (κ3) is 1.93. The predicted octanol–water partition coefficient (Wildman–Crippen LogP) is 3.32. The fourth-order valence-corrected chi connectivity index (χ4v) is 2.22. The second-order valence-corrected chi connectivity index (χ2v) is 4.61. The van der Waals surface area contributed by atoms with Crippen LogP contribution in [-0.2, 0) is 6.54 Å². The molecule has 0 spiro atoms. The molecule has 0 atom stereocenters. The Morgan fingerprint density at radius 3 is 2.67 bits per heavy atom. The molecule has 18 heavy (non-hydrogen) atoms. The van der Waals surface area contributed by atoms with Crippen molar-refractivity contribution in [3.63, 3.8) is 0 Å². The quantitative estimate of drug-likeness (QED) is 0.765. The number of imidazole rings is 1. The Kier molecular flexibility index (Phi) is 2.68. The van der Waals surface area contributed by atoms with E-state index in [0.717, 1.165) is 11.0 Å². The van der Waals surface area contributed by atoms with Gasteiger partial charge in [0.1, 0.15) is 0 Å². The average Bonchev–Trinajstić information content (AvgIpc) is 2.66. The summed E-state index contributed by atoms with van der Waals surface area (Å²) in [4.78, 5) is 4.33. The Bertz CT molecular complexity index is 689. The number of nitrogen functional groups attached to an aromatic ring is 1. The topological polar surface area (TPSA) is 43.8 Å². The fraction of sp³-hybridized carbons (Fsp3) is 0.0714. The number of nitrogens with zero attached hydrogens (tertiary/aromatic N) is 2. The highest BCUT2D eigenvalue weighted by atomic mass is 35.5. The standard InChI is InChI=1S/C14H12ClN3/c15-11-6-7-13-12(8-11)17-14(16)18(13)9-10-4-2-1-3-5-10/h1-8H,9H2,(H2,16,17). The van der Waals surface area contributed by atoms with Crippen LogP contribution >= 0.6 is 11.6 Å². The number of anilines is 1. The first kappa shape index (κ1) is 11.1. The number of benzene rings is 2. The normalized spacial score (nSPS) is 10.9. The maximum atomic E-state index is 5.96. The van der Waals surface area contributed by atoms with Crippen molar-refractivity contribution in [3.8, 4) is 0 Å². The Balaban J connectivity index is 2.09. The molecule has 0 aliphatic rings. The third-order valence-electron chi connectivity index (χ3n) is 2.92. The van der Waals surface area contributed by atoms with Gasteiger partial charge in [-0.05, 0) is 23.8 Å². The summed E-state index contributed by atoms with van der Waals surface area (Å²) in [6, 6.07) is 15.8. The highest BCUT2D eigenvalue weighted by molar-refractivity contribution is 6.31. The van der Waals surface area contributed by atoms with Gasteiger partial charge in [-0.1, -0.05) is 41.9 Å². The second-order valence-electron chi connectivity index (χ2n) is 4.17. The molecule has 2 aromatic carbocycles. The van der Waals surface area contributed by atoms with E-state index in [4.69, 9.17) is 17.3 Å². The van der Waals surface area contributed by atoms with E-state index in [2.05, 4.69) is 17.1 Å². The van der Waals surface area contributed by atoms with Crippen molar-refractivity contribution < 1.29 is 0 Å². The second kappa shape index (κ2) is 4.35. The van der Waals surface area contributed by atoms with Crippen LogP contribution in [0.5, 0.6) is 0 Å². The van der Waals surface area contributed by atoms with Gasteiger partial charge in [-0.25, -0.2) is 4.98 Å². The number of halogens is 1. The van der Waals surface area contributed by atoms with Crippen molar-refractivity contribution in [2.45, 2.75) is 6.54 Å². The minimum atomic E-state index is 0.510. The summed E-state index contributed by atoms with van der Waals surface area (Å²) in [5.74, 6) is 0.510. The first-order valence-electron chi connectivity index (χ1n) is 5.69. The Morgan fingerprint density at radius 1 is 1.11 bits per heavy atom. The number of rotatable bonds is 2. The van der Waals surface area contributed by atoms with Crippen LogP contribution in [0.2, 0.25) is 5.02 Å². The molecular formula is C14H12ClN3. The molecule has 3 nitrogen and oxygen atoms in total. The van der Waals surface area contributed by atoms with Crippen LogP contribution in [0.15, 0.2) is 48.5 Å². The molecule has 0 aliphatic heterocycles. The van der Waals surface area contributed by atoms with Crippen molar-refractivity contribution in [1.82, 2.24) is 9.55 Å². The smallest absolute Gasteiger partial charge is 0.201 e. The molecular weight excluding hydrogens is 246 g/mol. The molecule has 2 N–H and O–H groups in total. The average molecular weight is 258 g/mol. The lowest BCUT2D eigenvalue weighted by Crippen LogP contribution is -2.04. The number of aromatic nitrogens is 2. The summed E-state index contributed by atoms with van der Waals surface area (Å²) in [5.41, 5.74) is 8.98. The molecule has 4 heteroatoms. The summed E-state index contributed by atoms with van der Waals surface area (Å²) in [7, 11) is 0. The Hall–Kier alpha value is -2.00. The van der Waals surface area contributed by atoms with Crippen molar-refractivity contribution in [2.75, 3.05) is 5.73 Å². The summed E-state index contributed by atoms with van der Waals surface area (Å²) >= 11 is 5.95. The number of hydrogen-bond acceptors (Lipinski definition) is 2. The van der Waals surface area contributed by atoms with Gasteiger partial charge in [0, 0.05) is 5.02 Å². The molecule has 90 valence electrons. The molecule has 0 aliphatic carbocycles. The minimum Gasteiger partial charge on any atom is -0.369 e. The van der Waals surface area contributed by atoms with E-state index in [1.807, 2.05) is 41.0 Å². The van der Waals surface area contributed by atoms with E-state index >= 15 is 0 Å². The van der Waals surface area contributed by atoms with Crippen LogP contribution in [-0.4, -0.2) is 9.55 Å². The first-order chi connectivity index (χ1) is 8.74. The highest BCUT2D eigenvalue weighted by Gasteiger charge is 2.08.